The second-order valence-corrected chi connectivity index (χ2v) is 7.70. The van der Waals surface area contributed by atoms with E-state index in [9.17, 15) is 15.2 Å². The Morgan fingerprint density at radius 3 is 2.87 bits per heavy atom. The van der Waals surface area contributed by atoms with Crippen molar-refractivity contribution in [2.45, 2.75) is 32.0 Å². The van der Waals surface area contributed by atoms with Crippen LogP contribution in [-0.4, -0.2) is 30.7 Å². The summed E-state index contributed by atoms with van der Waals surface area (Å²) >= 11 is 0. The molecule has 0 fully saturated rings. The Bertz CT molecular complexity index is 1220. The van der Waals surface area contributed by atoms with Gasteiger partial charge in [-0.1, -0.05) is 12.1 Å². The van der Waals surface area contributed by atoms with Crippen LogP contribution in [0.15, 0.2) is 45.8 Å². The second-order valence-electron chi connectivity index (χ2n) is 7.70. The fourth-order valence-corrected chi connectivity index (χ4v) is 3.55. The minimum absolute atomic E-state index is 0.000697. The highest BCUT2D eigenvalue weighted by atomic mass is 16.7. The number of nitriles is 1. The highest BCUT2D eigenvalue weighted by molar-refractivity contribution is 5.90. The number of aliphatic hydroxyl groups is 1. The predicted octanol–water partition coefficient (Wildman–Crippen LogP) is 3.39. The van der Waals surface area contributed by atoms with Crippen molar-refractivity contribution in [3.63, 3.8) is 0 Å². The van der Waals surface area contributed by atoms with Crippen LogP contribution < -0.4 is 14.9 Å². The van der Waals surface area contributed by atoms with Crippen LogP contribution in [0, 0.1) is 11.3 Å². The Balaban J connectivity index is 1.99. The monoisotopic (exact) mass is 407 g/mol. The smallest absolute Gasteiger partial charge is 0.204 e. The normalized spacial score (nSPS) is 17.1. The van der Waals surface area contributed by atoms with Gasteiger partial charge in [-0.3, -0.25) is 4.79 Å². The van der Waals surface area contributed by atoms with Gasteiger partial charge in [0.1, 0.15) is 34.3 Å². The van der Waals surface area contributed by atoms with E-state index in [1.54, 1.807) is 44.2 Å². The maximum Gasteiger partial charge on any atom is 0.204 e. The molecule has 0 radical (unpaired) electrons. The number of benzene rings is 2. The van der Waals surface area contributed by atoms with Crippen LogP contribution in [0.3, 0.4) is 0 Å². The minimum Gasteiger partial charge on any atom is -0.484 e. The quantitative estimate of drug-likeness (QED) is 0.662. The van der Waals surface area contributed by atoms with Crippen molar-refractivity contribution in [3.8, 4) is 28.7 Å². The van der Waals surface area contributed by atoms with Gasteiger partial charge in [0, 0.05) is 25.2 Å². The molecule has 0 saturated carbocycles. The Morgan fingerprint density at radius 2 is 2.13 bits per heavy atom. The average molecular weight is 407 g/mol. The molecule has 7 heteroatoms. The highest BCUT2D eigenvalue weighted by Crippen LogP contribution is 2.43. The van der Waals surface area contributed by atoms with E-state index in [2.05, 4.69) is 6.07 Å². The fraction of sp³-hybridized carbons (Fsp3) is 0.304. The van der Waals surface area contributed by atoms with Gasteiger partial charge in [-0.2, -0.15) is 5.26 Å². The van der Waals surface area contributed by atoms with Crippen molar-refractivity contribution in [3.05, 3.63) is 57.9 Å². The average Bonchev–Trinajstić information content (AvgIpc) is 2.73. The highest BCUT2D eigenvalue weighted by Gasteiger charge is 2.39. The topological polar surface area (TPSA) is 102 Å². The van der Waals surface area contributed by atoms with Gasteiger partial charge in [0.15, 0.2) is 6.79 Å². The molecule has 30 heavy (non-hydrogen) atoms. The lowest BCUT2D eigenvalue weighted by Crippen LogP contribution is -2.46. The van der Waals surface area contributed by atoms with Gasteiger partial charge >= 0.3 is 0 Å². The van der Waals surface area contributed by atoms with E-state index < -0.39 is 11.7 Å². The third kappa shape index (κ3) is 3.30. The molecule has 0 saturated heterocycles. The molecule has 1 N–H and O–H groups in total. The first kappa shape index (κ1) is 20.0. The molecule has 1 unspecified atom stereocenters. The van der Waals surface area contributed by atoms with E-state index in [0.717, 1.165) is 0 Å². The summed E-state index contributed by atoms with van der Waals surface area (Å²) in [5, 5.41) is 20.0. The molecule has 7 nitrogen and oxygen atoms in total. The van der Waals surface area contributed by atoms with Crippen LogP contribution in [0.1, 0.15) is 25.0 Å². The molecule has 1 atom stereocenters. The molecule has 0 bridgehead atoms. The molecule has 2 heterocycles. The van der Waals surface area contributed by atoms with Crippen molar-refractivity contribution in [1.82, 2.24) is 0 Å². The number of ether oxygens (including phenoxy) is 3. The van der Waals surface area contributed by atoms with Gasteiger partial charge in [-0.15, -0.1) is 0 Å². The molecule has 1 aliphatic rings. The largest absolute Gasteiger partial charge is 0.484 e. The molecule has 1 aromatic heterocycles. The molecule has 154 valence electrons. The van der Waals surface area contributed by atoms with Crippen LogP contribution in [0.5, 0.6) is 11.5 Å². The number of methoxy groups -OCH3 is 1. The summed E-state index contributed by atoms with van der Waals surface area (Å²) in [7, 11) is 1.50. The lowest BCUT2D eigenvalue weighted by atomic mass is 9.89. The number of fused-ring (bicyclic) bond motifs is 3. The molecule has 0 spiro atoms. The minimum atomic E-state index is -0.900. The number of hydrogen-bond donors (Lipinski definition) is 1. The maximum absolute atomic E-state index is 13.5. The molecule has 3 aromatic rings. The van der Waals surface area contributed by atoms with Gasteiger partial charge in [0.2, 0.25) is 5.43 Å². The number of hydrogen-bond acceptors (Lipinski definition) is 7. The summed E-state index contributed by atoms with van der Waals surface area (Å²) < 4.78 is 22.5. The van der Waals surface area contributed by atoms with Gasteiger partial charge in [-0.25, -0.2) is 0 Å². The third-order valence-corrected chi connectivity index (χ3v) is 5.28. The molecule has 0 amide bonds. The van der Waals surface area contributed by atoms with Gasteiger partial charge < -0.3 is 23.7 Å². The van der Waals surface area contributed by atoms with Crippen molar-refractivity contribution in [2.75, 3.05) is 13.9 Å². The zero-order valence-electron chi connectivity index (χ0n) is 16.9. The van der Waals surface area contributed by atoms with Crippen molar-refractivity contribution < 1.29 is 23.7 Å². The summed E-state index contributed by atoms with van der Waals surface area (Å²) in [5.74, 6) is 0.761. The Labute approximate surface area is 173 Å². The zero-order valence-corrected chi connectivity index (χ0v) is 16.9. The Hall–Kier alpha value is -3.34. The van der Waals surface area contributed by atoms with Gasteiger partial charge in [-0.05, 0) is 31.5 Å². The Morgan fingerprint density at radius 1 is 1.33 bits per heavy atom. The molecule has 1 aliphatic heterocycles. The summed E-state index contributed by atoms with van der Waals surface area (Å²) in [6.45, 7) is 3.52. The van der Waals surface area contributed by atoms with E-state index in [4.69, 9.17) is 18.6 Å². The lowest BCUT2D eigenvalue weighted by Gasteiger charge is -2.37. The van der Waals surface area contributed by atoms with Gasteiger partial charge in [0.25, 0.3) is 0 Å². The zero-order chi connectivity index (χ0) is 21.5. The van der Waals surface area contributed by atoms with Crippen LogP contribution in [-0.2, 0) is 11.2 Å². The first-order valence-corrected chi connectivity index (χ1v) is 9.46. The van der Waals surface area contributed by atoms with E-state index in [-0.39, 0.29) is 24.0 Å². The molecular weight excluding hydrogens is 386 g/mol. The SMILES string of the molecule is COCOc1cc2occ(-c3cccc(C#N)c3)c(=O)c2c2c1CC(O)C(C)(C)O2. The fourth-order valence-electron chi connectivity index (χ4n) is 3.55. The third-order valence-electron chi connectivity index (χ3n) is 5.28. The van der Waals surface area contributed by atoms with Crippen LogP contribution in [0.25, 0.3) is 22.1 Å². The van der Waals surface area contributed by atoms with Crippen LogP contribution >= 0.6 is 0 Å². The summed E-state index contributed by atoms with van der Waals surface area (Å²) in [6, 6.07) is 10.4. The maximum atomic E-state index is 13.5. The first-order valence-electron chi connectivity index (χ1n) is 9.46. The lowest BCUT2D eigenvalue weighted by molar-refractivity contribution is -0.0415. The molecule has 2 aromatic carbocycles. The van der Waals surface area contributed by atoms with Crippen LogP contribution in [0.2, 0.25) is 0 Å². The van der Waals surface area contributed by atoms with Crippen molar-refractivity contribution in [1.29, 1.82) is 5.26 Å². The molecule has 0 aliphatic carbocycles. The number of aliphatic hydroxyl groups excluding tert-OH is 1. The van der Waals surface area contributed by atoms with Crippen molar-refractivity contribution >= 4 is 11.0 Å². The standard InChI is InChI=1S/C23H21NO6/c1-23(2)19(25)8-15-17(29-12-27-3)9-18-20(22(15)30-23)21(26)16(11-28-18)14-6-4-5-13(7-14)10-24/h4-7,9,11,19,25H,8,12H2,1-3H3. The second kappa shape index (κ2) is 7.48. The molecule has 4 rings (SSSR count). The van der Waals surface area contributed by atoms with Crippen molar-refractivity contribution in [2.24, 2.45) is 0 Å². The van der Waals surface area contributed by atoms with E-state index in [1.807, 2.05) is 0 Å². The first-order chi connectivity index (χ1) is 14.4. The van der Waals surface area contributed by atoms with E-state index >= 15 is 0 Å². The Kier molecular flexibility index (Phi) is 4.98. The molecular formula is C23H21NO6. The number of rotatable bonds is 4. The van der Waals surface area contributed by atoms with Gasteiger partial charge in [0.05, 0.1) is 23.3 Å². The van der Waals surface area contributed by atoms with E-state index in [1.165, 1.54) is 13.4 Å². The summed E-state index contributed by atoms with van der Waals surface area (Å²) in [4.78, 5) is 13.5. The summed E-state index contributed by atoms with van der Waals surface area (Å²) in [5.41, 5.74) is 1.04. The predicted molar refractivity (Wildman–Crippen MR) is 110 cm³/mol. The van der Waals surface area contributed by atoms with E-state index in [0.29, 0.717) is 39.3 Å². The number of nitrogens with zero attached hydrogens (tertiary/aromatic N) is 1. The van der Waals surface area contributed by atoms with Crippen LogP contribution in [0.4, 0.5) is 0 Å². The summed E-state index contributed by atoms with van der Waals surface area (Å²) in [6.07, 6.45) is 0.844.